The van der Waals surface area contributed by atoms with E-state index in [0.29, 0.717) is 21.5 Å². The Bertz CT molecular complexity index is 1030. The quantitative estimate of drug-likeness (QED) is 0.516. The molecule has 2 aliphatic rings. The Kier molecular flexibility index (Phi) is 5.13. The zero-order chi connectivity index (χ0) is 20.7. The number of aryl methyl sites for hydroxylation is 1. The first-order chi connectivity index (χ1) is 13.8. The molecule has 2 fully saturated rings. The fourth-order valence-electron chi connectivity index (χ4n) is 3.32. The van der Waals surface area contributed by atoms with Gasteiger partial charge in [0.25, 0.3) is 5.91 Å². The molecule has 9 nitrogen and oxygen atoms in total. The number of benzene rings is 1. The van der Waals surface area contributed by atoms with Crippen LogP contribution in [0, 0.1) is 0 Å². The molecular weight excluding hydrogens is 418 g/mol. The maximum Gasteiger partial charge on any atom is 0.431 e. The van der Waals surface area contributed by atoms with E-state index in [0.717, 1.165) is 12.8 Å². The third kappa shape index (κ3) is 3.90. The Morgan fingerprint density at radius 1 is 1.34 bits per heavy atom. The molecule has 2 aromatic rings. The van der Waals surface area contributed by atoms with Crippen molar-refractivity contribution in [2.24, 2.45) is 7.05 Å². The number of aromatic amines is 1. The van der Waals surface area contributed by atoms with E-state index in [4.69, 9.17) is 28.3 Å². The smallest absolute Gasteiger partial charge is 0.326 e. The minimum Gasteiger partial charge on any atom is -0.326 e. The third-order valence-electron chi connectivity index (χ3n) is 5.01. The Morgan fingerprint density at radius 3 is 2.62 bits per heavy atom. The molecule has 1 aromatic carbocycles. The maximum absolute atomic E-state index is 13.0. The number of hydrogen-bond donors (Lipinski definition) is 2. The van der Waals surface area contributed by atoms with Crippen LogP contribution in [0.3, 0.4) is 0 Å². The van der Waals surface area contributed by atoms with Crippen molar-refractivity contribution in [1.82, 2.24) is 15.1 Å². The topological polar surface area (TPSA) is 103 Å². The van der Waals surface area contributed by atoms with Crippen LogP contribution >= 0.6 is 23.8 Å². The number of carbonyl (C=O) groups is 2. The first-order valence-corrected chi connectivity index (χ1v) is 9.89. The van der Waals surface area contributed by atoms with Crippen molar-refractivity contribution in [3.8, 4) is 0 Å². The van der Waals surface area contributed by atoms with Crippen LogP contribution in [-0.4, -0.2) is 44.1 Å². The predicted octanol–water partition coefficient (Wildman–Crippen LogP) is 0.935. The van der Waals surface area contributed by atoms with Gasteiger partial charge in [0, 0.05) is 16.8 Å². The summed E-state index contributed by atoms with van der Waals surface area (Å²) in [5, 5.41) is 6.10. The minimum atomic E-state index is -0.787. The van der Waals surface area contributed by atoms with Crippen molar-refractivity contribution in [2.75, 3.05) is 5.32 Å². The van der Waals surface area contributed by atoms with Gasteiger partial charge in [-0.25, -0.2) is 4.79 Å². The van der Waals surface area contributed by atoms with Crippen LogP contribution < -0.4 is 15.6 Å². The fourth-order valence-corrected chi connectivity index (χ4v) is 3.87. The lowest BCUT2D eigenvalue weighted by Crippen LogP contribution is -2.44. The van der Waals surface area contributed by atoms with Crippen LogP contribution in [0.25, 0.3) is 0 Å². The van der Waals surface area contributed by atoms with Crippen LogP contribution in [0.1, 0.15) is 25.0 Å². The molecule has 1 saturated heterocycles. The number of aromatic nitrogens is 2. The summed E-state index contributed by atoms with van der Waals surface area (Å²) in [4.78, 5) is 40.8. The molecule has 1 aromatic heterocycles. The van der Waals surface area contributed by atoms with E-state index < -0.39 is 11.7 Å². The largest absolute Gasteiger partial charge is 0.431 e. The SMILES string of the molecule is C[n+]1[nH]oc(=O)c1CN1C(=S)N(C2CC2)C(=O)C1CC(=O)Nc1ccc(Cl)cc1. The van der Waals surface area contributed by atoms with Gasteiger partial charge in [-0.05, 0) is 54.6 Å². The molecule has 2 N–H and O–H groups in total. The van der Waals surface area contributed by atoms with Crippen molar-refractivity contribution in [3.05, 3.63) is 45.4 Å². The van der Waals surface area contributed by atoms with Crippen molar-refractivity contribution in [1.29, 1.82) is 0 Å². The van der Waals surface area contributed by atoms with Gasteiger partial charge in [-0.3, -0.25) is 19.0 Å². The van der Waals surface area contributed by atoms with Gasteiger partial charge in [0.2, 0.25) is 5.91 Å². The van der Waals surface area contributed by atoms with E-state index in [1.165, 1.54) is 4.68 Å². The number of rotatable bonds is 6. The lowest BCUT2D eigenvalue weighted by atomic mass is 10.1. The molecule has 4 rings (SSSR count). The van der Waals surface area contributed by atoms with Gasteiger partial charge in [-0.15, -0.1) is 0 Å². The highest BCUT2D eigenvalue weighted by Crippen LogP contribution is 2.34. The Morgan fingerprint density at radius 2 is 2.03 bits per heavy atom. The van der Waals surface area contributed by atoms with Gasteiger partial charge >= 0.3 is 11.3 Å². The fraction of sp³-hybridized carbons (Fsp3) is 0.389. The van der Waals surface area contributed by atoms with Crippen LogP contribution in [0.4, 0.5) is 5.69 Å². The van der Waals surface area contributed by atoms with Crippen LogP contribution in [-0.2, 0) is 23.2 Å². The summed E-state index contributed by atoms with van der Waals surface area (Å²) < 4.78 is 6.21. The second-order valence-corrected chi connectivity index (χ2v) is 7.91. The van der Waals surface area contributed by atoms with Crippen LogP contribution in [0.5, 0.6) is 0 Å². The number of H-pyrrole nitrogens is 1. The predicted molar refractivity (Wildman–Crippen MR) is 107 cm³/mol. The summed E-state index contributed by atoms with van der Waals surface area (Å²) >= 11 is 11.4. The summed E-state index contributed by atoms with van der Waals surface area (Å²) in [7, 11) is 1.63. The molecule has 1 saturated carbocycles. The molecule has 2 amide bonds. The molecule has 0 spiro atoms. The molecule has 0 radical (unpaired) electrons. The molecule has 1 atom stereocenters. The number of amides is 2. The highest BCUT2D eigenvalue weighted by atomic mass is 35.5. The lowest BCUT2D eigenvalue weighted by Gasteiger charge is -2.21. The summed E-state index contributed by atoms with van der Waals surface area (Å²) in [6.45, 7) is 0.0645. The molecular formula is C18H19ClN5O4S+. The Balaban J connectivity index is 1.55. The van der Waals surface area contributed by atoms with Crippen molar-refractivity contribution >= 4 is 46.4 Å². The summed E-state index contributed by atoms with van der Waals surface area (Å²) in [5.74, 6) is -0.548. The van der Waals surface area contributed by atoms with Crippen LogP contribution in [0.2, 0.25) is 5.02 Å². The maximum atomic E-state index is 13.0. The molecule has 2 heterocycles. The highest BCUT2D eigenvalue weighted by molar-refractivity contribution is 7.80. The van der Waals surface area contributed by atoms with Gasteiger partial charge in [0.1, 0.15) is 12.6 Å². The Labute approximate surface area is 176 Å². The van der Waals surface area contributed by atoms with Gasteiger partial charge in [0.15, 0.2) is 12.2 Å². The zero-order valence-corrected chi connectivity index (χ0v) is 17.1. The van der Waals surface area contributed by atoms with Crippen molar-refractivity contribution in [3.63, 3.8) is 0 Å². The van der Waals surface area contributed by atoms with E-state index in [1.807, 2.05) is 0 Å². The van der Waals surface area contributed by atoms with Crippen LogP contribution in [0.15, 0.2) is 33.6 Å². The standard InChI is InChI=1S/C18H18ClN5O4S/c1-22-14(17(27)28-21-22)9-23-13(16(26)24(18(23)29)12-6-7-12)8-15(25)20-11-4-2-10(19)3-5-11/h2-5,12-13H,6-9H2,1H3,(H-,20,21,25,27)/p+1. The second-order valence-electron chi connectivity index (χ2n) is 7.11. The molecule has 1 aliphatic heterocycles. The molecule has 152 valence electrons. The second kappa shape index (κ2) is 7.60. The van der Waals surface area contributed by atoms with E-state index in [9.17, 15) is 14.4 Å². The summed E-state index contributed by atoms with van der Waals surface area (Å²) in [5.41, 5.74) is 0.341. The normalized spacial score (nSPS) is 19.2. The van der Waals surface area contributed by atoms with E-state index >= 15 is 0 Å². The first-order valence-electron chi connectivity index (χ1n) is 9.10. The number of nitrogens with one attached hydrogen (secondary N) is 2. The van der Waals surface area contributed by atoms with Crippen molar-refractivity contribution < 1.29 is 18.8 Å². The van der Waals surface area contributed by atoms with Crippen molar-refractivity contribution in [2.45, 2.75) is 37.9 Å². The van der Waals surface area contributed by atoms with Gasteiger partial charge in [-0.2, -0.15) is 0 Å². The number of hydrogen-bond acceptors (Lipinski definition) is 5. The number of halogens is 1. The monoisotopic (exact) mass is 436 g/mol. The van der Waals surface area contributed by atoms with E-state index in [1.54, 1.807) is 41.1 Å². The molecule has 1 unspecified atom stereocenters. The van der Waals surface area contributed by atoms with Gasteiger partial charge < -0.3 is 10.2 Å². The average Bonchev–Trinajstić information content (AvgIpc) is 3.42. The number of thiocarbonyl (C=S) groups is 1. The lowest BCUT2D eigenvalue weighted by molar-refractivity contribution is -0.746. The highest BCUT2D eigenvalue weighted by Gasteiger charge is 2.50. The summed E-state index contributed by atoms with van der Waals surface area (Å²) in [6.07, 6.45) is 1.66. The molecule has 29 heavy (non-hydrogen) atoms. The van der Waals surface area contributed by atoms with Gasteiger partial charge in [-0.1, -0.05) is 16.3 Å². The average molecular weight is 437 g/mol. The van der Waals surface area contributed by atoms with Gasteiger partial charge in [0.05, 0.1) is 6.42 Å². The minimum absolute atomic E-state index is 0.0645. The molecule has 0 bridgehead atoms. The summed E-state index contributed by atoms with van der Waals surface area (Å²) in [6, 6.07) is 5.97. The number of carbonyl (C=O) groups excluding carboxylic acids is 2. The molecule has 1 aliphatic carbocycles. The van der Waals surface area contributed by atoms with E-state index in [2.05, 4.69) is 10.6 Å². The zero-order valence-electron chi connectivity index (χ0n) is 15.6. The molecule has 11 heteroatoms. The first kappa shape index (κ1) is 19.6. The Hall–Kier alpha value is -2.72. The number of anilines is 1. The van der Waals surface area contributed by atoms with E-state index in [-0.39, 0.29) is 30.8 Å². The third-order valence-corrected chi connectivity index (χ3v) is 5.69. The number of nitrogens with zero attached hydrogens (tertiary/aromatic N) is 3.